The lowest BCUT2D eigenvalue weighted by molar-refractivity contribution is 0.364. The van der Waals surface area contributed by atoms with Crippen molar-refractivity contribution in [3.8, 4) is 0 Å². The zero-order valence-corrected chi connectivity index (χ0v) is 13.3. The first-order chi connectivity index (χ1) is 9.77. The summed E-state index contributed by atoms with van der Waals surface area (Å²) in [5, 5.41) is 0.894. The molecule has 2 aromatic rings. The summed E-state index contributed by atoms with van der Waals surface area (Å²) in [6.07, 6.45) is 1.17. The largest absolute Gasteiger partial charge is 0.322 e. The van der Waals surface area contributed by atoms with Crippen molar-refractivity contribution in [2.24, 2.45) is 5.92 Å². The van der Waals surface area contributed by atoms with Crippen molar-refractivity contribution in [2.75, 3.05) is 12.8 Å². The third kappa shape index (κ3) is 3.92. The van der Waals surface area contributed by atoms with E-state index in [1.165, 1.54) is 10.6 Å². The van der Waals surface area contributed by atoms with Gasteiger partial charge in [0.2, 0.25) is 10.0 Å². The Bertz CT molecular complexity index is 794. The van der Waals surface area contributed by atoms with E-state index in [0.29, 0.717) is 12.1 Å². The Morgan fingerprint density at radius 3 is 2.52 bits per heavy atom. The SMILES string of the molecule is CC(C)CN(Cc1cc2ccccc2[nH]c1=O)S(C)(=O)=O. The fourth-order valence-electron chi connectivity index (χ4n) is 2.22. The highest BCUT2D eigenvalue weighted by Crippen LogP contribution is 2.13. The van der Waals surface area contributed by atoms with Gasteiger partial charge in [0.25, 0.3) is 5.56 Å². The molecule has 0 spiro atoms. The van der Waals surface area contributed by atoms with Crippen LogP contribution in [0.25, 0.3) is 10.9 Å². The summed E-state index contributed by atoms with van der Waals surface area (Å²) >= 11 is 0. The van der Waals surface area contributed by atoms with Crippen molar-refractivity contribution < 1.29 is 8.42 Å². The van der Waals surface area contributed by atoms with Crippen LogP contribution in [-0.2, 0) is 16.6 Å². The van der Waals surface area contributed by atoms with Gasteiger partial charge in [-0.3, -0.25) is 4.79 Å². The average molecular weight is 308 g/mol. The lowest BCUT2D eigenvalue weighted by atomic mass is 10.1. The molecule has 1 N–H and O–H groups in total. The molecule has 0 unspecified atom stereocenters. The lowest BCUT2D eigenvalue weighted by Gasteiger charge is -2.21. The molecule has 0 atom stereocenters. The van der Waals surface area contributed by atoms with Gasteiger partial charge in [0.15, 0.2) is 0 Å². The second kappa shape index (κ2) is 5.99. The van der Waals surface area contributed by atoms with Crippen LogP contribution in [0.2, 0.25) is 0 Å². The van der Waals surface area contributed by atoms with E-state index in [0.717, 1.165) is 10.9 Å². The summed E-state index contributed by atoms with van der Waals surface area (Å²) < 4.78 is 25.1. The monoisotopic (exact) mass is 308 g/mol. The van der Waals surface area contributed by atoms with Gasteiger partial charge in [0.05, 0.1) is 6.26 Å². The van der Waals surface area contributed by atoms with Gasteiger partial charge in [0.1, 0.15) is 0 Å². The zero-order chi connectivity index (χ0) is 15.6. The predicted molar refractivity (Wildman–Crippen MR) is 84.7 cm³/mol. The number of H-pyrrole nitrogens is 1. The highest BCUT2D eigenvalue weighted by Gasteiger charge is 2.19. The minimum Gasteiger partial charge on any atom is -0.322 e. The number of hydrogen-bond donors (Lipinski definition) is 1. The molecule has 0 saturated heterocycles. The van der Waals surface area contributed by atoms with Crippen LogP contribution in [0.15, 0.2) is 35.1 Å². The predicted octanol–water partition coefficient (Wildman–Crippen LogP) is 1.95. The number of benzene rings is 1. The summed E-state index contributed by atoms with van der Waals surface area (Å²) in [7, 11) is -3.35. The molecule has 0 amide bonds. The summed E-state index contributed by atoms with van der Waals surface area (Å²) in [5.41, 5.74) is 0.965. The van der Waals surface area contributed by atoms with Crippen LogP contribution in [0, 0.1) is 5.92 Å². The number of aromatic nitrogens is 1. The maximum absolute atomic E-state index is 12.1. The third-order valence-corrected chi connectivity index (χ3v) is 4.43. The molecule has 21 heavy (non-hydrogen) atoms. The van der Waals surface area contributed by atoms with Crippen LogP contribution in [-0.4, -0.2) is 30.5 Å². The minimum absolute atomic E-state index is 0.0944. The van der Waals surface area contributed by atoms with Gasteiger partial charge < -0.3 is 4.98 Å². The Kier molecular flexibility index (Phi) is 4.49. The molecule has 5 nitrogen and oxygen atoms in total. The van der Waals surface area contributed by atoms with Crippen molar-refractivity contribution >= 4 is 20.9 Å². The van der Waals surface area contributed by atoms with Gasteiger partial charge in [-0.1, -0.05) is 32.0 Å². The van der Waals surface area contributed by atoms with Gasteiger partial charge in [-0.05, 0) is 23.4 Å². The maximum Gasteiger partial charge on any atom is 0.252 e. The number of pyridine rings is 1. The fourth-order valence-corrected chi connectivity index (χ4v) is 3.17. The number of nitrogens with one attached hydrogen (secondary N) is 1. The lowest BCUT2D eigenvalue weighted by Crippen LogP contribution is -2.34. The van der Waals surface area contributed by atoms with E-state index in [1.807, 2.05) is 38.1 Å². The van der Waals surface area contributed by atoms with Crippen LogP contribution in [0.1, 0.15) is 19.4 Å². The van der Waals surface area contributed by atoms with Gasteiger partial charge in [-0.2, -0.15) is 4.31 Å². The number of rotatable bonds is 5. The topological polar surface area (TPSA) is 70.2 Å². The van der Waals surface area contributed by atoms with Crippen molar-refractivity contribution in [3.63, 3.8) is 0 Å². The second-order valence-electron chi connectivity index (χ2n) is 5.66. The molecular weight excluding hydrogens is 288 g/mol. The van der Waals surface area contributed by atoms with Gasteiger partial charge in [-0.25, -0.2) is 8.42 Å². The molecular formula is C15H20N2O3S. The molecule has 0 bridgehead atoms. The van der Waals surface area contributed by atoms with Crippen LogP contribution in [0.5, 0.6) is 0 Å². The molecule has 0 saturated carbocycles. The first-order valence-electron chi connectivity index (χ1n) is 6.83. The first-order valence-corrected chi connectivity index (χ1v) is 8.68. The van der Waals surface area contributed by atoms with Crippen LogP contribution in [0.3, 0.4) is 0 Å². The number of aromatic amines is 1. The quantitative estimate of drug-likeness (QED) is 0.917. The Hall–Kier alpha value is -1.66. The van der Waals surface area contributed by atoms with E-state index in [2.05, 4.69) is 4.98 Å². The van der Waals surface area contributed by atoms with E-state index in [-0.39, 0.29) is 18.0 Å². The fraction of sp³-hybridized carbons (Fsp3) is 0.400. The van der Waals surface area contributed by atoms with Crippen LogP contribution < -0.4 is 5.56 Å². The first kappa shape index (κ1) is 15.7. The van der Waals surface area contributed by atoms with Gasteiger partial charge in [-0.15, -0.1) is 0 Å². The minimum atomic E-state index is -3.35. The summed E-state index contributed by atoms with van der Waals surface area (Å²) in [5.74, 6) is 0.194. The number of nitrogens with zero attached hydrogens (tertiary/aromatic N) is 1. The van der Waals surface area contributed by atoms with Crippen molar-refractivity contribution in [2.45, 2.75) is 20.4 Å². The number of fused-ring (bicyclic) bond motifs is 1. The third-order valence-electron chi connectivity index (χ3n) is 3.21. The Morgan fingerprint density at radius 2 is 1.90 bits per heavy atom. The highest BCUT2D eigenvalue weighted by molar-refractivity contribution is 7.88. The molecule has 0 aliphatic carbocycles. The zero-order valence-electron chi connectivity index (χ0n) is 12.5. The van der Waals surface area contributed by atoms with E-state index in [1.54, 1.807) is 6.07 Å². The number of para-hydroxylation sites is 1. The van der Waals surface area contributed by atoms with E-state index in [9.17, 15) is 13.2 Å². The van der Waals surface area contributed by atoms with Gasteiger partial charge in [0, 0.05) is 24.2 Å². The van der Waals surface area contributed by atoms with Crippen LogP contribution in [0.4, 0.5) is 0 Å². The maximum atomic E-state index is 12.1. The molecule has 1 heterocycles. The van der Waals surface area contributed by atoms with E-state index >= 15 is 0 Å². The van der Waals surface area contributed by atoms with Crippen molar-refractivity contribution in [1.29, 1.82) is 0 Å². The van der Waals surface area contributed by atoms with E-state index < -0.39 is 10.0 Å². The molecule has 1 aromatic heterocycles. The Labute approximate surface area is 124 Å². The average Bonchev–Trinajstić information content (AvgIpc) is 2.37. The molecule has 0 fully saturated rings. The standard InChI is InChI=1S/C15H20N2O3S/c1-11(2)9-17(21(3,19)20)10-13-8-12-6-4-5-7-14(12)16-15(13)18/h4-8,11H,9-10H2,1-3H3,(H,16,18). The Morgan fingerprint density at radius 1 is 1.24 bits per heavy atom. The summed E-state index contributed by atoms with van der Waals surface area (Å²) in [4.78, 5) is 14.9. The highest BCUT2D eigenvalue weighted by atomic mass is 32.2. The Balaban J connectivity index is 2.41. The van der Waals surface area contributed by atoms with Crippen molar-refractivity contribution in [3.05, 3.63) is 46.2 Å². The molecule has 2 rings (SSSR count). The molecule has 0 radical (unpaired) electrons. The molecule has 6 heteroatoms. The summed E-state index contributed by atoms with van der Waals surface area (Å²) in [6.45, 7) is 4.38. The van der Waals surface area contributed by atoms with E-state index in [4.69, 9.17) is 0 Å². The molecule has 0 aliphatic rings. The number of hydrogen-bond acceptors (Lipinski definition) is 3. The summed E-state index contributed by atoms with van der Waals surface area (Å²) in [6, 6.07) is 9.20. The molecule has 114 valence electrons. The molecule has 1 aromatic carbocycles. The number of sulfonamides is 1. The smallest absolute Gasteiger partial charge is 0.252 e. The normalized spacial score (nSPS) is 12.4. The van der Waals surface area contributed by atoms with Crippen LogP contribution >= 0.6 is 0 Å². The van der Waals surface area contributed by atoms with Gasteiger partial charge >= 0.3 is 0 Å². The second-order valence-corrected chi connectivity index (χ2v) is 7.64. The molecule has 0 aliphatic heterocycles. The van der Waals surface area contributed by atoms with Crippen molar-refractivity contribution in [1.82, 2.24) is 9.29 Å².